The second kappa shape index (κ2) is 6.62. The predicted octanol–water partition coefficient (Wildman–Crippen LogP) is 3.47. The van der Waals surface area contributed by atoms with Crippen molar-refractivity contribution < 1.29 is 9.15 Å². The fraction of sp³-hybridized carbons (Fsp3) is 0.222. The molecular formula is C18H19N3O2. The summed E-state index contributed by atoms with van der Waals surface area (Å²) in [5, 5.41) is 8.26. The first-order valence-corrected chi connectivity index (χ1v) is 7.37. The summed E-state index contributed by atoms with van der Waals surface area (Å²) >= 11 is 0. The van der Waals surface area contributed by atoms with Crippen LogP contribution < -0.4 is 4.74 Å². The van der Waals surface area contributed by atoms with E-state index < -0.39 is 0 Å². The lowest BCUT2D eigenvalue weighted by atomic mass is 10.1. The van der Waals surface area contributed by atoms with E-state index in [4.69, 9.17) is 9.15 Å². The molecule has 5 nitrogen and oxygen atoms in total. The lowest BCUT2D eigenvalue weighted by Crippen LogP contribution is -2.10. The third kappa shape index (κ3) is 3.57. The second-order valence-corrected chi connectivity index (χ2v) is 5.58. The van der Waals surface area contributed by atoms with Crippen LogP contribution >= 0.6 is 0 Å². The molecule has 23 heavy (non-hydrogen) atoms. The average Bonchev–Trinajstić information content (AvgIpc) is 3.05. The molecule has 0 saturated heterocycles. The molecule has 0 spiro atoms. The van der Waals surface area contributed by atoms with E-state index in [1.54, 1.807) is 7.11 Å². The molecule has 0 unspecified atom stereocenters. The molecule has 1 aromatic heterocycles. The SMILES string of the molecule is COc1ccc(-c2nnc(-c3ccc(CN(C)C)cc3)o2)cc1. The van der Waals surface area contributed by atoms with E-state index in [9.17, 15) is 0 Å². The summed E-state index contributed by atoms with van der Waals surface area (Å²) in [6.07, 6.45) is 0. The lowest BCUT2D eigenvalue weighted by molar-refractivity contribution is 0.402. The van der Waals surface area contributed by atoms with Crippen molar-refractivity contribution >= 4 is 0 Å². The molecule has 0 aliphatic carbocycles. The summed E-state index contributed by atoms with van der Waals surface area (Å²) in [5.74, 6) is 1.82. The fourth-order valence-electron chi connectivity index (χ4n) is 2.31. The van der Waals surface area contributed by atoms with Gasteiger partial charge in [0, 0.05) is 17.7 Å². The number of rotatable bonds is 5. The van der Waals surface area contributed by atoms with Crippen molar-refractivity contribution in [2.24, 2.45) is 0 Å². The van der Waals surface area contributed by atoms with Gasteiger partial charge in [0.05, 0.1) is 7.11 Å². The smallest absolute Gasteiger partial charge is 0.248 e. The Morgan fingerprint density at radius 2 is 1.39 bits per heavy atom. The normalized spacial score (nSPS) is 11.0. The van der Waals surface area contributed by atoms with Crippen LogP contribution in [0.25, 0.3) is 22.9 Å². The molecule has 118 valence electrons. The molecule has 3 aromatic rings. The molecule has 0 atom stereocenters. The molecule has 2 aromatic carbocycles. The van der Waals surface area contributed by atoms with E-state index in [0.29, 0.717) is 11.8 Å². The van der Waals surface area contributed by atoms with Crippen molar-refractivity contribution in [3.8, 4) is 28.7 Å². The van der Waals surface area contributed by atoms with Crippen molar-refractivity contribution in [3.63, 3.8) is 0 Å². The first kappa shape index (κ1) is 15.2. The van der Waals surface area contributed by atoms with Gasteiger partial charge in [-0.1, -0.05) is 12.1 Å². The van der Waals surface area contributed by atoms with Gasteiger partial charge < -0.3 is 14.1 Å². The van der Waals surface area contributed by atoms with Gasteiger partial charge in [0.15, 0.2) is 0 Å². The quantitative estimate of drug-likeness (QED) is 0.722. The number of benzene rings is 2. The minimum absolute atomic E-state index is 0.500. The standard InChI is InChI=1S/C18H19N3O2/c1-21(2)12-13-4-6-14(7-5-13)17-19-20-18(23-17)15-8-10-16(22-3)11-9-15/h4-11H,12H2,1-3H3. The molecule has 0 bridgehead atoms. The van der Waals surface area contributed by atoms with Crippen LogP contribution in [0.2, 0.25) is 0 Å². The highest BCUT2D eigenvalue weighted by atomic mass is 16.5. The maximum absolute atomic E-state index is 5.78. The zero-order valence-corrected chi connectivity index (χ0v) is 13.5. The largest absolute Gasteiger partial charge is 0.497 e. The number of nitrogens with zero attached hydrogens (tertiary/aromatic N) is 3. The maximum atomic E-state index is 5.78. The molecule has 0 N–H and O–H groups in total. The van der Waals surface area contributed by atoms with Crippen LogP contribution in [0.3, 0.4) is 0 Å². The zero-order valence-electron chi connectivity index (χ0n) is 13.5. The lowest BCUT2D eigenvalue weighted by Gasteiger charge is -2.09. The highest BCUT2D eigenvalue weighted by Crippen LogP contribution is 2.25. The first-order valence-electron chi connectivity index (χ1n) is 7.37. The first-order chi connectivity index (χ1) is 11.2. The number of hydrogen-bond acceptors (Lipinski definition) is 5. The van der Waals surface area contributed by atoms with Gasteiger partial charge in [-0.3, -0.25) is 0 Å². The number of hydrogen-bond donors (Lipinski definition) is 0. The number of ether oxygens (including phenoxy) is 1. The molecule has 3 rings (SSSR count). The topological polar surface area (TPSA) is 51.4 Å². The third-order valence-electron chi connectivity index (χ3n) is 3.46. The van der Waals surface area contributed by atoms with Gasteiger partial charge in [-0.05, 0) is 56.1 Å². The second-order valence-electron chi connectivity index (χ2n) is 5.58. The molecule has 0 aliphatic heterocycles. The van der Waals surface area contributed by atoms with Crippen molar-refractivity contribution in [2.75, 3.05) is 21.2 Å². The van der Waals surface area contributed by atoms with E-state index in [-0.39, 0.29) is 0 Å². The molecule has 0 fully saturated rings. The minimum Gasteiger partial charge on any atom is -0.497 e. The Morgan fingerprint density at radius 3 is 1.87 bits per heavy atom. The van der Waals surface area contributed by atoms with Gasteiger partial charge in [-0.2, -0.15) is 0 Å². The Hall–Kier alpha value is -2.66. The van der Waals surface area contributed by atoms with Gasteiger partial charge in [-0.15, -0.1) is 10.2 Å². The summed E-state index contributed by atoms with van der Waals surface area (Å²) in [6, 6.07) is 15.7. The molecular weight excluding hydrogens is 290 g/mol. The average molecular weight is 309 g/mol. The van der Waals surface area contributed by atoms with Crippen molar-refractivity contribution in [2.45, 2.75) is 6.54 Å². The predicted molar refractivity (Wildman–Crippen MR) is 89.1 cm³/mol. The highest BCUT2D eigenvalue weighted by Gasteiger charge is 2.10. The van der Waals surface area contributed by atoms with Gasteiger partial charge >= 0.3 is 0 Å². The minimum atomic E-state index is 0.500. The third-order valence-corrected chi connectivity index (χ3v) is 3.46. The van der Waals surface area contributed by atoms with Gasteiger partial charge in [0.25, 0.3) is 0 Å². The van der Waals surface area contributed by atoms with E-state index in [1.807, 2.05) is 50.5 Å². The van der Waals surface area contributed by atoms with Crippen LogP contribution in [0.4, 0.5) is 0 Å². The summed E-state index contributed by atoms with van der Waals surface area (Å²) in [4.78, 5) is 2.13. The molecule has 0 radical (unpaired) electrons. The molecule has 0 amide bonds. The van der Waals surface area contributed by atoms with Crippen molar-refractivity contribution in [1.82, 2.24) is 15.1 Å². The monoisotopic (exact) mass is 309 g/mol. The van der Waals surface area contributed by atoms with Crippen molar-refractivity contribution in [1.29, 1.82) is 0 Å². The maximum Gasteiger partial charge on any atom is 0.248 e. The Labute approximate surface area is 135 Å². The Balaban J connectivity index is 1.80. The van der Waals surface area contributed by atoms with Crippen LogP contribution in [-0.2, 0) is 6.54 Å². The van der Waals surface area contributed by atoms with Gasteiger partial charge in [0.2, 0.25) is 11.8 Å². The van der Waals surface area contributed by atoms with E-state index >= 15 is 0 Å². The molecule has 0 aliphatic rings. The summed E-state index contributed by atoms with van der Waals surface area (Å²) in [7, 11) is 5.74. The molecule has 0 saturated carbocycles. The number of methoxy groups -OCH3 is 1. The van der Waals surface area contributed by atoms with E-state index in [0.717, 1.165) is 23.4 Å². The highest BCUT2D eigenvalue weighted by molar-refractivity contribution is 5.58. The Morgan fingerprint density at radius 1 is 0.870 bits per heavy atom. The van der Waals surface area contributed by atoms with Crippen LogP contribution in [0, 0.1) is 0 Å². The Bertz CT molecular complexity index is 762. The summed E-state index contributed by atoms with van der Waals surface area (Å²) in [6.45, 7) is 0.904. The van der Waals surface area contributed by atoms with Crippen LogP contribution in [0.15, 0.2) is 52.9 Å². The van der Waals surface area contributed by atoms with Crippen LogP contribution in [0.5, 0.6) is 5.75 Å². The van der Waals surface area contributed by atoms with Crippen molar-refractivity contribution in [3.05, 3.63) is 54.1 Å². The zero-order chi connectivity index (χ0) is 16.2. The molecule has 1 heterocycles. The van der Waals surface area contributed by atoms with Crippen LogP contribution in [-0.4, -0.2) is 36.3 Å². The Kier molecular flexibility index (Phi) is 4.39. The van der Waals surface area contributed by atoms with E-state index in [1.165, 1.54) is 5.56 Å². The van der Waals surface area contributed by atoms with Gasteiger partial charge in [-0.25, -0.2) is 0 Å². The van der Waals surface area contributed by atoms with Gasteiger partial charge in [0.1, 0.15) is 5.75 Å². The number of aromatic nitrogens is 2. The summed E-state index contributed by atoms with van der Waals surface area (Å²) < 4.78 is 10.9. The summed E-state index contributed by atoms with van der Waals surface area (Å²) in [5.41, 5.74) is 3.03. The molecule has 5 heteroatoms. The van der Waals surface area contributed by atoms with Crippen LogP contribution in [0.1, 0.15) is 5.56 Å². The fourth-order valence-corrected chi connectivity index (χ4v) is 2.31. The van der Waals surface area contributed by atoms with E-state index in [2.05, 4.69) is 27.2 Å².